The Bertz CT molecular complexity index is 517. The van der Waals surface area contributed by atoms with Crippen LogP contribution in [0.4, 0.5) is 0 Å². The molecule has 2 saturated heterocycles. The van der Waals surface area contributed by atoms with Crippen molar-refractivity contribution in [3.8, 4) is 0 Å². The Labute approximate surface area is 129 Å². The molecule has 2 unspecified atom stereocenters. The van der Waals surface area contributed by atoms with Gasteiger partial charge in [-0.2, -0.15) is 0 Å². The van der Waals surface area contributed by atoms with Gasteiger partial charge >= 0.3 is 0 Å². The molecule has 21 heavy (non-hydrogen) atoms. The quantitative estimate of drug-likeness (QED) is 0.859. The first-order chi connectivity index (χ1) is 10.2. The smallest absolute Gasteiger partial charge is 0.228 e. The highest BCUT2D eigenvalue weighted by molar-refractivity contribution is 7.09. The van der Waals surface area contributed by atoms with Gasteiger partial charge in [-0.3, -0.25) is 9.59 Å². The molecule has 0 N–H and O–H groups in total. The minimum absolute atomic E-state index is 0.108. The summed E-state index contributed by atoms with van der Waals surface area (Å²) in [6.07, 6.45) is 5.34. The molecule has 0 bridgehead atoms. The van der Waals surface area contributed by atoms with Crippen molar-refractivity contribution < 1.29 is 9.59 Å². The number of aromatic nitrogens is 1. The number of carbonyl (C=O) groups is 2. The van der Waals surface area contributed by atoms with Gasteiger partial charge in [-0.25, -0.2) is 4.98 Å². The minimum atomic E-state index is -0.169. The van der Waals surface area contributed by atoms with Crippen molar-refractivity contribution in [1.82, 2.24) is 14.8 Å². The molecule has 2 aliphatic rings. The van der Waals surface area contributed by atoms with Crippen molar-refractivity contribution in [2.24, 2.45) is 5.92 Å². The molecule has 2 amide bonds. The van der Waals surface area contributed by atoms with E-state index in [4.69, 9.17) is 0 Å². The molecule has 1 aromatic rings. The Hall–Kier alpha value is -1.43. The van der Waals surface area contributed by atoms with Gasteiger partial charge in [-0.1, -0.05) is 0 Å². The number of likely N-dealkylation sites (tertiary alicyclic amines) is 2. The summed E-state index contributed by atoms with van der Waals surface area (Å²) in [6, 6.07) is 0.108. The molecule has 2 fully saturated rings. The van der Waals surface area contributed by atoms with E-state index in [9.17, 15) is 9.59 Å². The molecule has 6 heteroatoms. The van der Waals surface area contributed by atoms with Crippen LogP contribution in [0.2, 0.25) is 0 Å². The summed E-state index contributed by atoms with van der Waals surface area (Å²) >= 11 is 1.62. The maximum Gasteiger partial charge on any atom is 0.228 e. The third-order valence-corrected chi connectivity index (χ3v) is 5.34. The molecular weight excluding hydrogens is 286 g/mol. The maximum atomic E-state index is 12.8. The van der Waals surface area contributed by atoms with Gasteiger partial charge in [0.1, 0.15) is 5.01 Å². The Morgan fingerprint density at radius 1 is 1.48 bits per heavy atom. The van der Waals surface area contributed by atoms with Gasteiger partial charge in [0.2, 0.25) is 11.8 Å². The summed E-state index contributed by atoms with van der Waals surface area (Å²) in [7, 11) is 0. The van der Waals surface area contributed by atoms with Crippen molar-refractivity contribution >= 4 is 23.2 Å². The van der Waals surface area contributed by atoms with E-state index in [1.54, 1.807) is 22.4 Å². The zero-order valence-corrected chi connectivity index (χ0v) is 13.1. The van der Waals surface area contributed by atoms with Gasteiger partial charge in [-0.05, 0) is 26.2 Å². The molecule has 114 valence electrons. The van der Waals surface area contributed by atoms with Crippen LogP contribution >= 0.6 is 11.3 Å². The minimum Gasteiger partial charge on any atom is -0.342 e. The fourth-order valence-electron chi connectivity index (χ4n) is 3.33. The molecule has 0 saturated carbocycles. The van der Waals surface area contributed by atoms with Gasteiger partial charge in [0.25, 0.3) is 0 Å². The Balaban J connectivity index is 1.74. The van der Waals surface area contributed by atoms with Crippen LogP contribution in [0.15, 0.2) is 11.6 Å². The number of hydrogen-bond donors (Lipinski definition) is 0. The van der Waals surface area contributed by atoms with Crippen LogP contribution in [0.5, 0.6) is 0 Å². The molecule has 0 aromatic carbocycles. The second-order valence-electron chi connectivity index (χ2n) is 5.75. The fourth-order valence-corrected chi connectivity index (χ4v) is 4.11. The normalized spacial score (nSPS) is 26.4. The molecule has 2 aliphatic heterocycles. The highest BCUT2D eigenvalue weighted by Crippen LogP contribution is 2.34. The summed E-state index contributed by atoms with van der Waals surface area (Å²) in [4.78, 5) is 32.8. The van der Waals surface area contributed by atoms with Gasteiger partial charge in [0.15, 0.2) is 0 Å². The number of amides is 2. The number of piperidine rings is 1. The Morgan fingerprint density at radius 2 is 2.33 bits per heavy atom. The number of nitrogens with zero attached hydrogens (tertiary/aromatic N) is 3. The van der Waals surface area contributed by atoms with Crippen molar-refractivity contribution in [1.29, 1.82) is 0 Å². The van der Waals surface area contributed by atoms with Gasteiger partial charge in [0, 0.05) is 37.6 Å². The molecule has 1 aromatic heterocycles. The largest absolute Gasteiger partial charge is 0.342 e. The number of hydrogen-bond acceptors (Lipinski definition) is 4. The van der Waals surface area contributed by atoms with Crippen LogP contribution in [-0.2, 0) is 9.59 Å². The van der Waals surface area contributed by atoms with Crippen LogP contribution in [0.25, 0.3) is 0 Å². The first-order valence-corrected chi connectivity index (χ1v) is 8.56. The number of carbonyl (C=O) groups excluding carboxylic acids is 2. The van der Waals surface area contributed by atoms with Gasteiger partial charge in [-0.15, -0.1) is 11.3 Å². The second kappa shape index (κ2) is 6.13. The third-order valence-electron chi connectivity index (χ3n) is 4.47. The summed E-state index contributed by atoms with van der Waals surface area (Å²) < 4.78 is 0. The second-order valence-corrected chi connectivity index (χ2v) is 6.67. The summed E-state index contributed by atoms with van der Waals surface area (Å²) in [5.74, 6) is 0.0795. The van der Waals surface area contributed by atoms with Crippen LogP contribution in [0.3, 0.4) is 0 Å². The van der Waals surface area contributed by atoms with Crippen molar-refractivity contribution in [2.45, 2.75) is 38.6 Å². The SMILES string of the molecule is CCN1CC(C(=O)N2CCCCC2c2nccs2)CC1=O. The van der Waals surface area contributed by atoms with Crippen LogP contribution in [-0.4, -0.2) is 46.2 Å². The highest BCUT2D eigenvalue weighted by Gasteiger charge is 2.39. The van der Waals surface area contributed by atoms with Crippen LogP contribution in [0, 0.1) is 5.92 Å². The average molecular weight is 307 g/mol. The lowest BCUT2D eigenvalue weighted by Gasteiger charge is -2.36. The molecule has 3 heterocycles. The summed E-state index contributed by atoms with van der Waals surface area (Å²) in [5, 5.41) is 2.99. The van der Waals surface area contributed by atoms with E-state index in [1.165, 1.54) is 0 Å². The Kier molecular flexibility index (Phi) is 4.24. The van der Waals surface area contributed by atoms with Gasteiger partial charge in [0.05, 0.1) is 12.0 Å². The van der Waals surface area contributed by atoms with Crippen molar-refractivity contribution in [2.75, 3.05) is 19.6 Å². The van der Waals surface area contributed by atoms with Crippen molar-refractivity contribution in [3.63, 3.8) is 0 Å². The predicted molar refractivity (Wildman–Crippen MR) is 80.8 cm³/mol. The zero-order chi connectivity index (χ0) is 14.8. The monoisotopic (exact) mass is 307 g/mol. The lowest BCUT2D eigenvalue weighted by Crippen LogP contribution is -2.42. The lowest BCUT2D eigenvalue weighted by atomic mass is 9.99. The number of rotatable bonds is 3. The van der Waals surface area contributed by atoms with E-state index in [-0.39, 0.29) is 23.8 Å². The first-order valence-electron chi connectivity index (χ1n) is 7.68. The van der Waals surface area contributed by atoms with Crippen LogP contribution < -0.4 is 0 Å². The summed E-state index contributed by atoms with van der Waals surface area (Å²) in [6.45, 7) is 4.03. The molecular formula is C15H21N3O2S. The highest BCUT2D eigenvalue weighted by atomic mass is 32.1. The molecule has 0 aliphatic carbocycles. The van der Waals surface area contributed by atoms with E-state index in [0.29, 0.717) is 19.5 Å². The maximum absolute atomic E-state index is 12.8. The molecule has 0 spiro atoms. The first kappa shape index (κ1) is 14.5. The van der Waals surface area contributed by atoms with E-state index >= 15 is 0 Å². The van der Waals surface area contributed by atoms with E-state index < -0.39 is 0 Å². The predicted octanol–water partition coefficient (Wildman–Crippen LogP) is 2.07. The van der Waals surface area contributed by atoms with E-state index in [2.05, 4.69) is 4.98 Å². The fraction of sp³-hybridized carbons (Fsp3) is 0.667. The molecule has 3 rings (SSSR count). The Morgan fingerprint density at radius 3 is 3.00 bits per heavy atom. The van der Waals surface area contributed by atoms with Gasteiger partial charge < -0.3 is 9.80 Å². The molecule has 0 radical (unpaired) electrons. The average Bonchev–Trinajstić information content (AvgIpc) is 3.15. The number of thiazole rings is 1. The summed E-state index contributed by atoms with van der Waals surface area (Å²) in [5.41, 5.74) is 0. The molecule has 2 atom stereocenters. The lowest BCUT2D eigenvalue weighted by molar-refractivity contribution is -0.139. The van der Waals surface area contributed by atoms with Crippen LogP contribution in [0.1, 0.15) is 43.7 Å². The third kappa shape index (κ3) is 2.81. The standard InChI is InChI=1S/C15H21N3O2S/c1-2-17-10-11(9-13(17)19)15(20)18-7-4-3-5-12(18)14-16-6-8-21-14/h6,8,11-12H,2-5,7,9-10H2,1H3. The van der Waals surface area contributed by atoms with Crippen molar-refractivity contribution in [3.05, 3.63) is 16.6 Å². The van der Waals surface area contributed by atoms with E-state index in [1.807, 2.05) is 17.2 Å². The van der Waals surface area contributed by atoms with E-state index in [0.717, 1.165) is 30.8 Å². The topological polar surface area (TPSA) is 53.5 Å². The molecule has 5 nitrogen and oxygen atoms in total. The zero-order valence-electron chi connectivity index (χ0n) is 12.3.